The zero-order chi connectivity index (χ0) is 19.4. The highest BCUT2D eigenvalue weighted by atomic mass is 16.5. The molecule has 2 rings (SSSR count). The minimum Gasteiger partial charge on any atom is -0.484 e. The fourth-order valence-electron chi connectivity index (χ4n) is 2.62. The van der Waals surface area contributed by atoms with E-state index in [2.05, 4.69) is 0 Å². The third kappa shape index (κ3) is 7.81. The highest BCUT2D eigenvalue weighted by Gasteiger charge is 2.28. The number of ether oxygens (including phenoxy) is 2. The quantitative estimate of drug-likeness (QED) is 0.665. The normalized spacial score (nSPS) is 16.6. The Morgan fingerprint density at radius 1 is 1.42 bits per heavy atom. The van der Waals surface area contributed by atoms with Crippen molar-refractivity contribution in [3.05, 3.63) is 29.8 Å². The number of rotatable bonds is 7. The number of carbonyl (C=O) groups is 2. The Morgan fingerprint density at radius 2 is 2.08 bits per heavy atom. The van der Waals surface area contributed by atoms with Crippen LogP contribution in [0.4, 0.5) is 0 Å². The summed E-state index contributed by atoms with van der Waals surface area (Å²) in [5.74, 6) is 0.669. The molecule has 0 spiro atoms. The molecular weight excluding hydrogens is 340 g/mol. The van der Waals surface area contributed by atoms with Crippen LogP contribution in [0.1, 0.15) is 5.56 Å². The van der Waals surface area contributed by atoms with Crippen molar-refractivity contribution in [2.24, 2.45) is 0 Å². The van der Waals surface area contributed by atoms with E-state index < -0.39 is 0 Å². The Balaban J connectivity index is 0.00000105. The molecular formula is C18H28N2O6. The van der Waals surface area contributed by atoms with Gasteiger partial charge in [-0.05, 0) is 26.1 Å². The summed E-state index contributed by atoms with van der Waals surface area (Å²) < 4.78 is 11.1. The lowest BCUT2D eigenvalue weighted by molar-refractivity contribution is -0.142. The summed E-state index contributed by atoms with van der Waals surface area (Å²) in [7, 11) is 1.93. The fourth-order valence-corrected chi connectivity index (χ4v) is 2.62. The maximum Gasteiger partial charge on any atom is 0.290 e. The van der Waals surface area contributed by atoms with Gasteiger partial charge in [0.25, 0.3) is 12.4 Å². The SMILES string of the molecule is Cc1ccc(OCC(=O)N2CCOCC2CN(C)CCO)cc1.O=CO. The Bertz CT molecular complexity index is 537. The van der Waals surface area contributed by atoms with Crippen molar-refractivity contribution in [3.8, 4) is 5.75 Å². The number of likely N-dealkylation sites (N-methyl/N-ethyl adjacent to an activating group) is 1. The van der Waals surface area contributed by atoms with E-state index in [1.54, 1.807) is 0 Å². The summed E-state index contributed by atoms with van der Waals surface area (Å²) in [4.78, 5) is 24.7. The summed E-state index contributed by atoms with van der Waals surface area (Å²) >= 11 is 0. The molecule has 1 aliphatic rings. The molecule has 0 aromatic heterocycles. The number of hydrogen-bond donors (Lipinski definition) is 2. The first kappa shape index (κ1) is 21.9. The highest BCUT2D eigenvalue weighted by molar-refractivity contribution is 5.78. The summed E-state index contributed by atoms with van der Waals surface area (Å²) in [6.07, 6.45) is 0. The molecule has 1 amide bonds. The van der Waals surface area contributed by atoms with E-state index in [1.807, 2.05) is 48.0 Å². The second-order valence-electron chi connectivity index (χ2n) is 6.01. The lowest BCUT2D eigenvalue weighted by Crippen LogP contribution is -2.54. The Hall–Kier alpha value is -2.16. The van der Waals surface area contributed by atoms with Crippen LogP contribution in [-0.4, -0.2) is 91.5 Å². The molecule has 1 unspecified atom stereocenters. The summed E-state index contributed by atoms with van der Waals surface area (Å²) in [6, 6.07) is 7.65. The molecule has 2 N–H and O–H groups in total. The van der Waals surface area contributed by atoms with E-state index in [0.29, 0.717) is 38.6 Å². The van der Waals surface area contributed by atoms with Gasteiger partial charge in [0.2, 0.25) is 0 Å². The smallest absolute Gasteiger partial charge is 0.290 e. The minimum absolute atomic E-state index is 0.00517. The molecule has 8 nitrogen and oxygen atoms in total. The average molecular weight is 368 g/mol. The van der Waals surface area contributed by atoms with Crippen LogP contribution in [0.15, 0.2) is 24.3 Å². The third-order valence-electron chi connectivity index (χ3n) is 3.94. The van der Waals surface area contributed by atoms with Gasteiger partial charge in [-0.25, -0.2) is 0 Å². The van der Waals surface area contributed by atoms with Crippen LogP contribution in [0.5, 0.6) is 5.75 Å². The second kappa shape index (κ2) is 12.2. The molecule has 0 saturated carbocycles. The molecule has 1 aromatic carbocycles. The first-order valence-corrected chi connectivity index (χ1v) is 8.45. The van der Waals surface area contributed by atoms with Crippen LogP contribution in [-0.2, 0) is 14.3 Å². The van der Waals surface area contributed by atoms with Gasteiger partial charge in [0, 0.05) is 19.6 Å². The monoisotopic (exact) mass is 368 g/mol. The number of benzene rings is 1. The number of aliphatic hydroxyl groups excluding tert-OH is 1. The van der Waals surface area contributed by atoms with E-state index in [9.17, 15) is 4.79 Å². The summed E-state index contributed by atoms with van der Waals surface area (Å²) in [5.41, 5.74) is 1.16. The molecule has 1 fully saturated rings. The van der Waals surface area contributed by atoms with E-state index in [-0.39, 0.29) is 31.6 Å². The van der Waals surface area contributed by atoms with Crippen molar-refractivity contribution >= 4 is 12.4 Å². The van der Waals surface area contributed by atoms with E-state index >= 15 is 0 Å². The van der Waals surface area contributed by atoms with Gasteiger partial charge in [-0.2, -0.15) is 0 Å². The first-order valence-electron chi connectivity index (χ1n) is 8.45. The van der Waals surface area contributed by atoms with Gasteiger partial charge in [-0.3, -0.25) is 9.59 Å². The highest BCUT2D eigenvalue weighted by Crippen LogP contribution is 2.13. The van der Waals surface area contributed by atoms with Crippen molar-refractivity contribution in [3.63, 3.8) is 0 Å². The van der Waals surface area contributed by atoms with Crippen LogP contribution >= 0.6 is 0 Å². The molecule has 1 saturated heterocycles. The van der Waals surface area contributed by atoms with Gasteiger partial charge < -0.3 is 29.5 Å². The summed E-state index contributed by atoms with van der Waals surface area (Å²) in [6.45, 7) is 4.81. The lowest BCUT2D eigenvalue weighted by atomic mass is 10.2. The van der Waals surface area contributed by atoms with E-state index in [1.165, 1.54) is 0 Å². The van der Waals surface area contributed by atoms with E-state index in [0.717, 1.165) is 5.56 Å². The standard InChI is InChI=1S/C17H26N2O4.CH2O2/c1-14-3-5-16(6-4-14)23-13-17(21)19-8-10-22-12-15(19)11-18(2)7-9-20;2-1-3/h3-6,15,20H,7-13H2,1-2H3;1H,(H,2,3). The maximum atomic E-state index is 12.5. The Kier molecular flexibility index (Phi) is 10.3. The van der Waals surface area contributed by atoms with Gasteiger partial charge in [0.15, 0.2) is 6.61 Å². The number of carbonyl (C=O) groups excluding carboxylic acids is 1. The van der Waals surface area contributed by atoms with Crippen LogP contribution in [0.3, 0.4) is 0 Å². The van der Waals surface area contributed by atoms with Crippen molar-refractivity contribution in [1.29, 1.82) is 0 Å². The average Bonchev–Trinajstić information content (AvgIpc) is 2.62. The molecule has 0 radical (unpaired) electrons. The number of hydrogen-bond acceptors (Lipinski definition) is 6. The van der Waals surface area contributed by atoms with Gasteiger partial charge >= 0.3 is 0 Å². The molecule has 8 heteroatoms. The van der Waals surface area contributed by atoms with Crippen LogP contribution < -0.4 is 4.74 Å². The number of aryl methyl sites for hydroxylation is 1. The van der Waals surface area contributed by atoms with Gasteiger partial charge in [-0.1, -0.05) is 17.7 Å². The van der Waals surface area contributed by atoms with Crippen LogP contribution in [0.2, 0.25) is 0 Å². The molecule has 0 bridgehead atoms. The molecule has 146 valence electrons. The maximum absolute atomic E-state index is 12.5. The number of aliphatic hydroxyl groups is 1. The summed E-state index contributed by atoms with van der Waals surface area (Å²) in [5, 5.41) is 15.9. The predicted octanol–water partition coefficient (Wildman–Crippen LogP) is 0.226. The molecule has 26 heavy (non-hydrogen) atoms. The predicted molar refractivity (Wildman–Crippen MR) is 96.3 cm³/mol. The number of carboxylic acid groups (broad SMARTS) is 1. The molecule has 0 aliphatic carbocycles. The van der Waals surface area contributed by atoms with Gasteiger partial charge in [0.1, 0.15) is 5.75 Å². The molecule has 1 aliphatic heterocycles. The Morgan fingerprint density at radius 3 is 2.69 bits per heavy atom. The fraction of sp³-hybridized carbons (Fsp3) is 0.556. The van der Waals surface area contributed by atoms with Crippen molar-refractivity contribution < 1.29 is 29.3 Å². The van der Waals surface area contributed by atoms with Gasteiger partial charge in [0.05, 0.1) is 25.9 Å². The zero-order valence-electron chi connectivity index (χ0n) is 15.3. The number of morpholine rings is 1. The largest absolute Gasteiger partial charge is 0.484 e. The first-order chi connectivity index (χ1) is 12.5. The minimum atomic E-state index is -0.250. The second-order valence-corrected chi connectivity index (χ2v) is 6.01. The lowest BCUT2D eigenvalue weighted by Gasteiger charge is -2.37. The molecule has 1 heterocycles. The number of amides is 1. The van der Waals surface area contributed by atoms with Gasteiger partial charge in [-0.15, -0.1) is 0 Å². The molecule has 1 aromatic rings. The molecule has 1 atom stereocenters. The third-order valence-corrected chi connectivity index (χ3v) is 3.94. The van der Waals surface area contributed by atoms with Crippen molar-refractivity contribution in [1.82, 2.24) is 9.80 Å². The van der Waals surface area contributed by atoms with Crippen LogP contribution in [0, 0.1) is 6.92 Å². The van der Waals surface area contributed by atoms with Crippen LogP contribution in [0.25, 0.3) is 0 Å². The van der Waals surface area contributed by atoms with Crippen molar-refractivity contribution in [2.75, 3.05) is 53.1 Å². The van der Waals surface area contributed by atoms with E-state index in [4.69, 9.17) is 24.5 Å². The van der Waals surface area contributed by atoms with Crippen molar-refractivity contribution in [2.45, 2.75) is 13.0 Å². The topological polar surface area (TPSA) is 99.5 Å². The zero-order valence-corrected chi connectivity index (χ0v) is 15.3. The number of nitrogens with zero attached hydrogens (tertiary/aromatic N) is 2. The Labute approximate surface area is 153 Å².